The van der Waals surface area contributed by atoms with Gasteiger partial charge >= 0.3 is 0 Å². The Morgan fingerprint density at radius 1 is 1.23 bits per heavy atom. The molecule has 0 saturated carbocycles. The first-order valence-corrected chi connectivity index (χ1v) is 7.45. The van der Waals surface area contributed by atoms with Crippen LogP contribution in [0.4, 0.5) is 5.69 Å². The molecule has 0 spiro atoms. The lowest BCUT2D eigenvalue weighted by molar-refractivity contribution is 0.0861. The van der Waals surface area contributed by atoms with Crippen molar-refractivity contribution in [3.63, 3.8) is 0 Å². The third-order valence-electron chi connectivity index (χ3n) is 3.80. The van der Waals surface area contributed by atoms with Crippen LogP contribution in [0.3, 0.4) is 0 Å². The first kappa shape index (κ1) is 18.0. The molecule has 0 bridgehead atoms. The van der Waals surface area contributed by atoms with Crippen LogP contribution < -0.4 is 15.5 Å². The molecule has 0 aliphatic rings. The maximum absolute atomic E-state index is 13.0. The number of carbonyl (C=O) groups is 1. The van der Waals surface area contributed by atoms with E-state index in [4.69, 9.17) is 0 Å². The van der Waals surface area contributed by atoms with Gasteiger partial charge in [-0.05, 0) is 50.4 Å². The Morgan fingerprint density at radius 2 is 1.86 bits per heavy atom. The van der Waals surface area contributed by atoms with Crippen molar-refractivity contribution in [3.05, 3.63) is 54.8 Å². The lowest BCUT2D eigenvalue weighted by atomic mass is 9.83. The summed E-state index contributed by atoms with van der Waals surface area (Å²) in [6.45, 7) is 3.80. The van der Waals surface area contributed by atoms with E-state index in [9.17, 15) is 4.79 Å². The number of carbonyl (C=O) groups excluding carboxylic acids is 1. The van der Waals surface area contributed by atoms with Crippen molar-refractivity contribution in [2.75, 3.05) is 33.1 Å². The van der Waals surface area contributed by atoms with Gasteiger partial charge in [0.25, 0.3) is 0 Å². The van der Waals surface area contributed by atoms with Crippen molar-refractivity contribution in [2.45, 2.75) is 18.4 Å². The predicted molar refractivity (Wildman–Crippen MR) is 94.5 cm³/mol. The molecule has 4 heteroatoms. The third kappa shape index (κ3) is 4.21. The lowest BCUT2D eigenvalue weighted by Crippen LogP contribution is -2.49. The zero-order valence-electron chi connectivity index (χ0n) is 14.0. The molecule has 120 valence electrons. The molecule has 0 aliphatic heterocycles. The number of nitrogens with one attached hydrogen (secondary N) is 2. The van der Waals surface area contributed by atoms with Crippen LogP contribution in [0.2, 0.25) is 0 Å². The summed E-state index contributed by atoms with van der Waals surface area (Å²) in [5, 5.41) is 6.15. The number of ketones is 1. The van der Waals surface area contributed by atoms with Gasteiger partial charge in [-0.25, -0.2) is 0 Å². The molecule has 1 aromatic carbocycles. The number of hydrogen-bond acceptors (Lipinski definition) is 4. The molecule has 0 saturated heterocycles. The number of nitrogens with zero attached hydrogens (tertiary/aromatic N) is 1. The molecule has 1 atom stereocenters. The molecule has 1 aromatic rings. The van der Waals surface area contributed by atoms with Gasteiger partial charge in [-0.15, -0.1) is 6.58 Å². The quantitative estimate of drug-likeness (QED) is 0.543. The lowest BCUT2D eigenvalue weighted by Gasteiger charge is -2.30. The smallest absolute Gasteiger partial charge is 0.183 e. The minimum atomic E-state index is -0.658. The Labute approximate surface area is 133 Å². The summed E-state index contributed by atoms with van der Waals surface area (Å²) >= 11 is 0. The molecule has 0 aromatic heterocycles. The van der Waals surface area contributed by atoms with Crippen LogP contribution >= 0.6 is 0 Å². The highest BCUT2D eigenvalue weighted by Crippen LogP contribution is 2.24. The Balaban J connectivity index is 3.09. The van der Waals surface area contributed by atoms with Crippen molar-refractivity contribution >= 4 is 11.5 Å². The number of benzene rings is 1. The fourth-order valence-electron chi connectivity index (χ4n) is 2.40. The van der Waals surface area contributed by atoms with Crippen LogP contribution in [0, 0.1) is 0 Å². The van der Waals surface area contributed by atoms with Crippen molar-refractivity contribution in [2.24, 2.45) is 0 Å². The molecular weight excluding hydrogens is 274 g/mol. The van der Waals surface area contributed by atoms with Gasteiger partial charge in [0.15, 0.2) is 5.78 Å². The number of Topliss-reactive ketones (excluding diaryl/α,β-unsaturated/α-hetero) is 1. The van der Waals surface area contributed by atoms with E-state index in [1.807, 2.05) is 69.6 Å². The van der Waals surface area contributed by atoms with Crippen LogP contribution in [0.25, 0.3) is 0 Å². The molecule has 1 unspecified atom stereocenters. The molecular formula is C18H27N3O. The fraction of sp³-hybridized carbons (Fsp3) is 0.389. The van der Waals surface area contributed by atoms with Crippen LogP contribution in [-0.2, 0) is 0 Å². The maximum Gasteiger partial charge on any atom is 0.183 e. The molecule has 2 N–H and O–H groups in total. The highest BCUT2D eigenvalue weighted by atomic mass is 16.1. The van der Waals surface area contributed by atoms with E-state index < -0.39 is 5.54 Å². The van der Waals surface area contributed by atoms with Gasteiger partial charge in [-0.1, -0.05) is 12.2 Å². The summed E-state index contributed by atoms with van der Waals surface area (Å²) in [5.74, 6) is 0.0842. The first-order chi connectivity index (χ1) is 10.5. The number of rotatable bonds is 9. The zero-order valence-corrected chi connectivity index (χ0v) is 14.0. The Bertz CT molecular complexity index is 520. The van der Waals surface area contributed by atoms with Crippen molar-refractivity contribution in [1.82, 2.24) is 10.6 Å². The van der Waals surface area contributed by atoms with E-state index in [2.05, 4.69) is 17.2 Å². The monoisotopic (exact) mass is 301 g/mol. The Morgan fingerprint density at radius 3 is 2.32 bits per heavy atom. The molecule has 0 amide bonds. The topological polar surface area (TPSA) is 44.4 Å². The average Bonchev–Trinajstić information content (AvgIpc) is 2.53. The molecule has 0 fully saturated rings. The van der Waals surface area contributed by atoms with Crippen molar-refractivity contribution in [3.8, 4) is 0 Å². The van der Waals surface area contributed by atoms with Gasteiger partial charge < -0.3 is 15.5 Å². The Hall–Kier alpha value is -2.07. The number of anilines is 1. The third-order valence-corrected chi connectivity index (χ3v) is 3.80. The van der Waals surface area contributed by atoms with E-state index in [-0.39, 0.29) is 5.78 Å². The molecule has 4 nitrogen and oxygen atoms in total. The molecule has 0 radical (unpaired) electrons. The van der Waals surface area contributed by atoms with Crippen LogP contribution in [0.1, 0.15) is 23.2 Å². The largest absolute Gasteiger partial charge is 0.394 e. The number of likely N-dealkylation sites (N-methyl/N-ethyl adjacent to an activating group) is 1. The molecule has 0 heterocycles. The van der Waals surface area contributed by atoms with Crippen LogP contribution in [0.5, 0.6) is 0 Å². The number of hydrogen-bond donors (Lipinski definition) is 2. The van der Waals surface area contributed by atoms with E-state index in [1.54, 1.807) is 6.08 Å². The van der Waals surface area contributed by atoms with Gasteiger partial charge in [0.2, 0.25) is 0 Å². The van der Waals surface area contributed by atoms with E-state index >= 15 is 0 Å². The van der Waals surface area contributed by atoms with Crippen LogP contribution in [-0.4, -0.2) is 39.5 Å². The average molecular weight is 301 g/mol. The van der Waals surface area contributed by atoms with Crippen molar-refractivity contribution in [1.29, 1.82) is 0 Å². The SMILES string of the molecule is C=CCC(CC=CNC)(NC)C(=O)c1ccc(N(C)C)cc1. The summed E-state index contributed by atoms with van der Waals surface area (Å²) < 4.78 is 0. The second kappa shape index (κ2) is 8.39. The fourth-order valence-corrected chi connectivity index (χ4v) is 2.40. The van der Waals surface area contributed by atoms with E-state index in [0.29, 0.717) is 18.4 Å². The highest BCUT2D eigenvalue weighted by molar-refractivity contribution is 6.03. The standard InChI is InChI=1S/C18H27N3O/c1-6-12-18(20-3,13-7-14-19-2)17(22)15-8-10-16(11-9-15)21(4)5/h6-11,14,19-20H,1,12-13H2,2-5H3. The summed E-state index contributed by atoms with van der Waals surface area (Å²) in [4.78, 5) is 15.0. The zero-order chi connectivity index (χ0) is 16.6. The Kier molecular flexibility index (Phi) is 6.86. The van der Waals surface area contributed by atoms with Gasteiger partial charge in [0.1, 0.15) is 0 Å². The molecule has 1 rings (SSSR count). The van der Waals surface area contributed by atoms with Gasteiger partial charge in [0, 0.05) is 32.4 Å². The van der Waals surface area contributed by atoms with Gasteiger partial charge in [0.05, 0.1) is 5.54 Å². The first-order valence-electron chi connectivity index (χ1n) is 7.45. The summed E-state index contributed by atoms with van der Waals surface area (Å²) in [6.07, 6.45) is 6.77. The van der Waals surface area contributed by atoms with E-state index in [0.717, 1.165) is 5.69 Å². The van der Waals surface area contributed by atoms with Crippen molar-refractivity contribution < 1.29 is 4.79 Å². The summed E-state index contributed by atoms with van der Waals surface area (Å²) in [6, 6.07) is 7.69. The van der Waals surface area contributed by atoms with Gasteiger partial charge in [-0.3, -0.25) is 4.79 Å². The predicted octanol–water partition coefficient (Wildman–Crippen LogP) is 2.59. The van der Waals surface area contributed by atoms with Gasteiger partial charge in [-0.2, -0.15) is 0 Å². The summed E-state index contributed by atoms with van der Waals surface area (Å²) in [7, 11) is 7.62. The molecule has 22 heavy (non-hydrogen) atoms. The maximum atomic E-state index is 13.0. The minimum Gasteiger partial charge on any atom is -0.394 e. The second-order valence-corrected chi connectivity index (χ2v) is 5.49. The van der Waals surface area contributed by atoms with Crippen LogP contribution in [0.15, 0.2) is 49.2 Å². The highest BCUT2D eigenvalue weighted by Gasteiger charge is 2.34. The minimum absolute atomic E-state index is 0.0842. The van der Waals surface area contributed by atoms with E-state index in [1.165, 1.54) is 0 Å². The normalized spacial score (nSPS) is 13.6. The summed E-state index contributed by atoms with van der Waals surface area (Å²) in [5.41, 5.74) is 1.12. The second-order valence-electron chi connectivity index (χ2n) is 5.49. The molecule has 0 aliphatic carbocycles.